The Bertz CT molecular complexity index is 661. The average Bonchev–Trinajstić information content (AvgIpc) is 2.55. The molecule has 120 valence electrons. The van der Waals surface area contributed by atoms with Crippen LogP contribution in [0.2, 0.25) is 0 Å². The van der Waals surface area contributed by atoms with Gasteiger partial charge in [0, 0.05) is 0 Å². The molecule has 2 aromatic carbocycles. The zero-order valence-electron chi connectivity index (χ0n) is 13.4. The SMILES string of the molecule is CCCCCCCc1ccc(-c2cc(F)c(C#N)c(F)c2)cc1. The zero-order valence-corrected chi connectivity index (χ0v) is 13.4. The zero-order chi connectivity index (χ0) is 16.7. The van der Waals surface area contributed by atoms with E-state index >= 15 is 0 Å². The summed E-state index contributed by atoms with van der Waals surface area (Å²) in [6, 6.07) is 11.7. The van der Waals surface area contributed by atoms with Crippen molar-refractivity contribution in [2.75, 3.05) is 0 Å². The maximum absolute atomic E-state index is 13.7. The molecule has 0 aromatic heterocycles. The highest BCUT2D eigenvalue weighted by Crippen LogP contribution is 2.25. The molecular weight excluding hydrogens is 292 g/mol. The highest BCUT2D eigenvalue weighted by atomic mass is 19.1. The van der Waals surface area contributed by atoms with Gasteiger partial charge in [0.05, 0.1) is 0 Å². The van der Waals surface area contributed by atoms with Crippen molar-refractivity contribution in [3.8, 4) is 17.2 Å². The number of hydrogen-bond acceptors (Lipinski definition) is 1. The molecule has 0 aliphatic rings. The van der Waals surface area contributed by atoms with Gasteiger partial charge in [0.15, 0.2) is 0 Å². The van der Waals surface area contributed by atoms with Crippen molar-refractivity contribution in [2.24, 2.45) is 0 Å². The Morgan fingerprint density at radius 1 is 0.870 bits per heavy atom. The molecule has 0 fully saturated rings. The third-order valence-electron chi connectivity index (χ3n) is 4.01. The fourth-order valence-corrected chi connectivity index (χ4v) is 2.64. The molecule has 1 nitrogen and oxygen atoms in total. The first kappa shape index (κ1) is 17.1. The van der Waals surface area contributed by atoms with Gasteiger partial charge in [-0.15, -0.1) is 0 Å². The van der Waals surface area contributed by atoms with Gasteiger partial charge in [-0.2, -0.15) is 5.26 Å². The smallest absolute Gasteiger partial charge is 0.144 e. The molecule has 0 unspecified atom stereocenters. The highest BCUT2D eigenvalue weighted by molar-refractivity contribution is 5.65. The third-order valence-corrected chi connectivity index (χ3v) is 4.01. The van der Waals surface area contributed by atoms with Gasteiger partial charge in [0.2, 0.25) is 0 Å². The van der Waals surface area contributed by atoms with E-state index < -0.39 is 17.2 Å². The van der Waals surface area contributed by atoms with Crippen molar-refractivity contribution < 1.29 is 8.78 Å². The molecule has 0 spiro atoms. The van der Waals surface area contributed by atoms with Crippen molar-refractivity contribution in [3.05, 3.63) is 59.2 Å². The molecular formula is C20H21F2N. The van der Waals surface area contributed by atoms with E-state index in [1.807, 2.05) is 24.3 Å². The standard InChI is InChI=1S/C20H21F2N/c1-2-3-4-5-6-7-15-8-10-16(11-9-15)17-12-19(21)18(14-23)20(22)13-17/h8-13H,2-7H2,1H3. The predicted octanol–water partition coefficient (Wildman–Crippen LogP) is 6.02. The van der Waals surface area contributed by atoms with E-state index in [0.717, 1.165) is 12.0 Å². The molecule has 0 saturated carbocycles. The van der Waals surface area contributed by atoms with Crippen molar-refractivity contribution >= 4 is 0 Å². The van der Waals surface area contributed by atoms with Crippen LogP contribution in [0.3, 0.4) is 0 Å². The van der Waals surface area contributed by atoms with Crippen molar-refractivity contribution in [3.63, 3.8) is 0 Å². The second-order valence-electron chi connectivity index (χ2n) is 5.79. The lowest BCUT2D eigenvalue weighted by molar-refractivity contribution is 0.577. The van der Waals surface area contributed by atoms with Gasteiger partial charge in [-0.05, 0) is 41.7 Å². The lowest BCUT2D eigenvalue weighted by Gasteiger charge is -2.06. The summed E-state index contributed by atoms with van der Waals surface area (Å²) in [6.45, 7) is 2.20. The van der Waals surface area contributed by atoms with Crippen LogP contribution in [0.1, 0.15) is 50.2 Å². The predicted molar refractivity (Wildman–Crippen MR) is 89.0 cm³/mol. The van der Waals surface area contributed by atoms with Gasteiger partial charge in [-0.25, -0.2) is 8.78 Å². The summed E-state index contributed by atoms with van der Waals surface area (Å²) in [5, 5.41) is 8.70. The molecule has 23 heavy (non-hydrogen) atoms. The van der Waals surface area contributed by atoms with Crippen LogP contribution < -0.4 is 0 Å². The van der Waals surface area contributed by atoms with Gasteiger partial charge < -0.3 is 0 Å². The lowest BCUT2D eigenvalue weighted by Crippen LogP contribution is -1.92. The minimum Gasteiger partial charge on any atom is -0.205 e. The van der Waals surface area contributed by atoms with Crippen molar-refractivity contribution in [2.45, 2.75) is 45.4 Å². The van der Waals surface area contributed by atoms with Gasteiger partial charge in [0.25, 0.3) is 0 Å². The summed E-state index contributed by atoms with van der Waals surface area (Å²) < 4.78 is 27.4. The number of nitrogens with zero attached hydrogens (tertiary/aromatic N) is 1. The number of rotatable bonds is 7. The van der Waals surface area contributed by atoms with E-state index in [2.05, 4.69) is 6.92 Å². The summed E-state index contributed by atoms with van der Waals surface area (Å²) in [5.41, 5.74) is 1.91. The Morgan fingerprint density at radius 2 is 1.48 bits per heavy atom. The minimum atomic E-state index is -0.817. The Balaban J connectivity index is 2.04. The lowest BCUT2D eigenvalue weighted by atomic mass is 9.99. The molecule has 0 aliphatic carbocycles. The number of halogens is 2. The Kier molecular flexibility index (Phi) is 6.29. The quantitative estimate of drug-likeness (QED) is 0.574. The van der Waals surface area contributed by atoms with Crippen LogP contribution in [0.4, 0.5) is 8.78 Å². The van der Waals surface area contributed by atoms with Crippen LogP contribution in [0.25, 0.3) is 11.1 Å². The Morgan fingerprint density at radius 3 is 2.04 bits per heavy atom. The Labute approximate surface area is 136 Å². The van der Waals surface area contributed by atoms with E-state index in [1.165, 1.54) is 55.9 Å². The van der Waals surface area contributed by atoms with Gasteiger partial charge >= 0.3 is 0 Å². The minimum absolute atomic E-state index is 0.452. The van der Waals surface area contributed by atoms with Gasteiger partial charge in [-0.3, -0.25) is 0 Å². The molecule has 0 N–H and O–H groups in total. The molecule has 0 amide bonds. The maximum Gasteiger partial charge on any atom is 0.144 e. The van der Waals surface area contributed by atoms with Crippen LogP contribution >= 0.6 is 0 Å². The highest BCUT2D eigenvalue weighted by Gasteiger charge is 2.11. The summed E-state index contributed by atoms with van der Waals surface area (Å²) in [5.74, 6) is -1.63. The molecule has 2 rings (SSSR count). The Hall–Kier alpha value is -2.21. The first-order valence-corrected chi connectivity index (χ1v) is 8.14. The maximum atomic E-state index is 13.7. The normalized spacial score (nSPS) is 10.5. The third kappa shape index (κ3) is 4.63. The van der Waals surface area contributed by atoms with E-state index in [9.17, 15) is 8.78 Å². The molecule has 0 heterocycles. The van der Waals surface area contributed by atoms with Crippen LogP contribution in [-0.2, 0) is 6.42 Å². The second kappa shape index (κ2) is 8.43. The summed E-state index contributed by atoms with van der Waals surface area (Å²) in [6.07, 6.45) is 7.24. The topological polar surface area (TPSA) is 23.8 Å². The van der Waals surface area contributed by atoms with E-state index in [-0.39, 0.29) is 0 Å². The van der Waals surface area contributed by atoms with Gasteiger partial charge in [0.1, 0.15) is 23.3 Å². The fourth-order valence-electron chi connectivity index (χ4n) is 2.64. The molecule has 0 atom stereocenters. The number of hydrogen-bond donors (Lipinski definition) is 0. The van der Waals surface area contributed by atoms with Crippen LogP contribution in [-0.4, -0.2) is 0 Å². The summed E-state index contributed by atoms with van der Waals surface area (Å²) in [7, 11) is 0. The molecule has 0 saturated heterocycles. The fraction of sp³-hybridized carbons (Fsp3) is 0.350. The van der Waals surface area contributed by atoms with E-state index in [0.29, 0.717) is 5.56 Å². The van der Waals surface area contributed by atoms with E-state index in [1.54, 1.807) is 0 Å². The summed E-state index contributed by atoms with van der Waals surface area (Å²) in [4.78, 5) is 0. The molecule has 0 aliphatic heterocycles. The number of aryl methyl sites for hydroxylation is 1. The molecule has 2 aromatic rings. The van der Waals surface area contributed by atoms with Crippen molar-refractivity contribution in [1.82, 2.24) is 0 Å². The number of unbranched alkanes of at least 4 members (excludes halogenated alkanes) is 4. The largest absolute Gasteiger partial charge is 0.205 e. The molecule has 0 radical (unpaired) electrons. The van der Waals surface area contributed by atoms with E-state index in [4.69, 9.17) is 5.26 Å². The summed E-state index contributed by atoms with van der Waals surface area (Å²) >= 11 is 0. The van der Waals surface area contributed by atoms with Gasteiger partial charge in [-0.1, -0.05) is 56.9 Å². The first-order chi connectivity index (χ1) is 11.2. The second-order valence-corrected chi connectivity index (χ2v) is 5.79. The average molecular weight is 313 g/mol. The molecule has 3 heteroatoms. The number of nitriles is 1. The first-order valence-electron chi connectivity index (χ1n) is 8.14. The van der Waals surface area contributed by atoms with Crippen LogP contribution in [0.5, 0.6) is 0 Å². The monoisotopic (exact) mass is 313 g/mol. The van der Waals surface area contributed by atoms with Crippen LogP contribution in [0, 0.1) is 23.0 Å². The molecule has 0 bridgehead atoms. The number of benzene rings is 2. The van der Waals surface area contributed by atoms with Crippen molar-refractivity contribution in [1.29, 1.82) is 5.26 Å². The van der Waals surface area contributed by atoms with Crippen LogP contribution in [0.15, 0.2) is 36.4 Å².